The summed E-state index contributed by atoms with van der Waals surface area (Å²) in [5, 5.41) is 2.96. The molecule has 4 nitrogen and oxygen atoms in total. The predicted octanol–water partition coefficient (Wildman–Crippen LogP) is 2.05. The highest BCUT2D eigenvalue weighted by Gasteiger charge is 2.23. The first kappa shape index (κ1) is 17.0. The third-order valence-corrected chi connectivity index (χ3v) is 4.08. The molecule has 0 bridgehead atoms. The molecule has 0 radical (unpaired) electrons. The molecule has 0 aliphatic rings. The van der Waals surface area contributed by atoms with Crippen LogP contribution in [0.4, 0.5) is 5.69 Å². The van der Waals surface area contributed by atoms with Gasteiger partial charge in [0, 0.05) is 11.3 Å². The van der Waals surface area contributed by atoms with Crippen LogP contribution in [-0.4, -0.2) is 26.1 Å². The Labute approximate surface area is 138 Å². The lowest BCUT2D eigenvalue weighted by Crippen LogP contribution is -3.12. The quantitative estimate of drug-likeness (QED) is 0.857. The number of para-hydroxylation sites is 1. The van der Waals surface area contributed by atoms with E-state index in [-0.39, 0.29) is 11.9 Å². The van der Waals surface area contributed by atoms with Gasteiger partial charge in [0.2, 0.25) is 0 Å². The van der Waals surface area contributed by atoms with Crippen LogP contribution < -0.4 is 15.0 Å². The Balaban J connectivity index is 2.03. The largest absolute Gasteiger partial charge is 0.496 e. The number of benzene rings is 2. The minimum Gasteiger partial charge on any atom is -0.496 e. The fourth-order valence-electron chi connectivity index (χ4n) is 2.49. The van der Waals surface area contributed by atoms with Gasteiger partial charge in [-0.1, -0.05) is 29.8 Å². The van der Waals surface area contributed by atoms with Crippen LogP contribution in [0.25, 0.3) is 0 Å². The molecule has 122 valence electrons. The number of aryl methyl sites for hydroxylation is 1. The summed E-state index contributed by atoms with van der Waals surface area (Å²) in [4.78, 5) is 13.5. The van der Waals surface area contributed by atoms with E-state index in [9.17, 15) is 4.79 Å². The summed E-state index contributed by atoms with van der Waals surface area (Å²) in [5.41, 5.74) is 3.13. The van der Waals surface area contributed by atoms with E-state index >= 15 is 0 Å². The first-order valence-electron chi connectivity index (χ1n) is 7.83. The zero-order valence-electron chi connectivity index (χ0n) is 14.2. The van der Waals surface area contributed by atoms with E-state index in [1.165, 1.54) is 5.56 Å². The average Bonchev–Trinajstić information content (AvgIpc) is 2.55. The lowest BCUT2D eigenvalue weighted by Gasteiger charge is -2.22. The standard InChI is InChI=1S/C19H24N2O2/c1-14-10-11-18(23-4)16(12-14)13-21(3)15(2)19(22)20-17-8-6-5-7-9-17/h5-12,15H,13H2,1-4H3,(H,20,22)/p+1/t15-/m1/s1. The lowest BCUT2D eigenvalue weighted by molar-refractivity contribution is -0.907. The average molecular weight is 313 g/mol. The summed E-state index contributed by atoms with van der Waals surface area (Å²) in [5.74, 6) is 0.880. The molecule has 1 unspecified atom stereocenters. The number of carbonyl (C=O) groups excluding carboxylic acids is 1. The Kier molecular flexibility index (Phi) is 5.77. The van der Waals surface area contributed by atoms with E-state index in [4.69, 9.17) is 4.74 Å². The summed E-state index contributed by atoms with van der Waals surface area (Å²) in [7, 11) is 3.70. The molecule has 2 aromatic rings. The van der Waals surface area contributed by atoms with E-state index in [1.54, 1.807) is 7.11 Å². The first-order valence-corrected chi connectivity index (χ1v) is 7.83. The van der Waals surface area contributed by atoms with Crippen molar-refractivity contribution in [3.63, 3.8) is 0 Å². The molecule has 4 heteroatoms. The van der Waals surface area contributed by atoms with Crippen molar-refractivity contribution in [2.45, 2.75) is 26.4 Å². The third kappa shape index (κ3) is 4.57. The third-order valence-electron chi connectivity index (χ3n) is 4.08. The van der Waals surface area contributed by atoms with Crippen LogP contribution in [0.5, 0.6) is 5.75 Å². The van der Waals surface area contributed by atoms with Gasteiger partial charge in [0.1, 0.15) is 12.3 Å². The van der Waals surface area contributed by atoms with Crippen LogP contribution in [0.3, 0.4) is 0 Å². The van der Waals surface area contributed by atoms with E-state index in [2.05, 4.69) is 18.3 Å². The number of carbonyl (C=O) groups is 1. The zero-order valence-corrected chi connectivity index (χ0v) is 14.2. The molecule has 0 saturated heterocycles. The Bertz CT molecular complexity index is 656. The van der Waals surface area contributed by atoms with Gasteiger partial charge in [-0.05, 0) is 38.1 Å². The van der Waals surface area contributed by atoms with E-state index in [0.717, 1.165) is 28.4 Å². The van der Waals surface area contributed by atoms with Gasteiger partial charge in [-0.2, -0.15) is 0 Å². The van der Waals surface area contributed by atoms with E-state index < -0.39 is 0 Å². The molecule has 0 aliphatic heterocycles. The number of hydrogen-bond acceptors (Lipinski definition) is 2. The molecule has 0 fully saturated rings. The molecule has 23 heavy (non-hydrogen) atoms. The summed E-state index contributed by atoms with van der Waals surface area (Å²) in [6.45, 7) is 4.73. The molecule has 0 aromatic heterocycles. The van der Waals surface area contributed by atoms with Crippen molar-refractivity contribution in [2.24, 2.45) is 0 Å². The van der Waals surface area contributed by atoms with Crippen molar-refractivity contribution in [3.8, 4) is 5.75 Å². The number of ether oxygens (including phenoxy) is 1. The number of methoxy groups -OCH3 is 1. The summed E-state index contributed by atoms with van der Waals surface area (Å²) >= 11 is 0. The molecule has 0 saturated carbocycles. The number of likely N-dealkylation sites (N-methyl/N-ethyl adjacent to an activating group) is 1. The van der Waals surface area contributed by atoms with Gasteiger partial charge in [-0.15, -0.1) is 0 Å². The molecule has 2 rings (SSSR count). The molecule has 0 aliphatic carbocycles. The molecule has 2 aromatic carbocycles. The topological polar surface area (TPSA) is 42.8 Å². The van der Waals surface area contributed by atoms with Gasteiger partial charge in [0.05, 0.1) is 14.2 Å². The van der Waals surface area contributed by atoms with Crippen molar-refractivity contribution in [1.29, 1.82) is 0 Å². The first-order chi connectivity index (χ1) is 11.0. The summed E-state index contributed by atoms with van der Waals surface area (Å²) in [6.07, 6.45) is 0. The lowest BCUT2D eigenvalue weighted by atomic mass is 10.1. The maximum Gasteiger partial charge on any atom is 0.282 e. The fraction of sp³-hybridized carbons (Fsp3) is 0.316. The van der Waals surface area contributed by atoms with Crippen molar-refractivity contribution in [1.82, 2.24) is 0 Å². The highest BCUT2D eigenvalue weighted by Crippen LogP contribution is 2.18. The summed E-state index contributed by atoms with van der Waals surface area (Å²) in [6, 6.07) is 15.5. The number of quaternary nitrogens is 1. The van der Waals surface area contributed by atoms with E-state index in [1.807, 2.05) is 56.4 Å². The number of anilines is 1. The number of nitrogens with one attached hydrogen (secondary N) is 2. The fourth-order valence-corrected chi connectivity index (χ4v) is 2.49. The van der Waals surface area contributed by atoms with Gasteiger partial charge < -0.3 is 15.0 Å². The van der Waals surface area contributed by atoms with Gasteiger partial charge in [0.15, 0.2) is 6.04 Å². The van der Waals surface area contributed by atoms with Crippen molar-refractivity contribution < 1.29 is 14.4 Å². The highest BCUT2D eigenvalue weighted by atomic mass is 16.5. The van der Waals surface area contributed by atoms with Crippen molar-refractivity contribution in [3.05, 3.63) is 59.7 Å². The van der Waals surface area contributed by atoms with Crippen LogP contribution >= 0.6 is 0 Å². The molecule has 1 amide bonds. The van der Waals surface area contributed by atoms with Crippen LogP contribution in [0, 0.1) is 6.92 Å². The molecule has 0 spiro atoms. The number of rotatable bonds is 6. The minimum absolute atomic E-state index is 0.0142. The molecular formula is C19H25N2O2+. The van der Waals surface area contributed by atoms with Gasteiger partial charge in [0.25, 0.3) is 5.91 Å². The second kappa shape index (κ2) is 7.79. The normalized spacial score (nSPS) is 13.2. The number of amides is 1. The van der Waals surface area contributed by atoms with Crippen LogP contribution in [0.15, 0.2) is 48.5 Å². The monoisotopic (exact) mass is 313 g/mol. The zero-order chi connectivity index (χ0) is 16.8. The van der Waals surface area contributed by atoms with Crippen LogP contribution in [0.1, 0.15) is 18.1 Å². The van der Waals surface area contributed by atoms with E-state index in [0.29, 0.717) is 0 Å². The Hall–Kier alpha value is -2.33. The molecular weight excluding hydrogens is 288 g/mol. The molecule has 0 heterocycles. The SMILES string of the molecule is COc1ccc(C)cc1C[NH+](C)[C@H](C)C(=O)Nc1ccccc1. The molecule has 2 atom stereocenters. The van der Waals surface area contributed by atoms with Gasteiger partial charge >= 0.3 is 0 Å². The minimum atomic E-state index is -0.166. The highest BCUT2D eigenvalue weighted by molar-refractivity contribution is 5.93. The van der Waals surface area contributed by atoms with Gasteiger partial charge in [-0.25, -0.2) is 0 Å². The maximum absolute atomic E-state index is 12.4. The van der Waals surface area contributed by atoms with Crippen molar-refractivity contribution >= 4 is 11.6 Å². The predicted molar refractivity (Wildman–Crippen MR) is 92.9 cm³/mol. The van der Waals surface area contributed by atoms with Crippen LogP contribution in [-0.2, 0) is 11.3 Å². The van der Waals surface area contributed by atoms with Crippen molar-refractivity contribution in [2.75, 3.05) is 19.5 Å². The second-order valence-corrected chi connectivity index (χ2v) is 5.92. The second-order valence-electron chi connectivity index (χ2n) is 5.92. The maximum atomic E-state index is 12.4. The Morgan fingerprint density at radius 1 is 1.22 bits per heavy atom. The molecule has 2 N–H and O–H groups in total. The smallest absolute Gasteiger partial charge is 0.282 e. The van der Waals surface area contributed by atoms with Crippen LogP contribution in [0.2, 0.25) is 0 Å². The summed E-state index contributed by atoms with van der Waals surface area (Å²) < 4.78 is 5.42. The number of hydrogen-bond donors (Lipinski definition) is 2. The van der Waals surface area contributed by atoms with Gasteiger partial charge in [-0.3, -0.25) is 4.79 Å². The Morgan fingerprint density at radius 2 is 1.91 bits per heavy atom. The Morgan fingerprint density at radius 3 is 2.57 bits per heavy atom.